The molecule has 0 aromatic heterocycles. The van der Waals surface area contributed by atoms with Crippen LogP contribution in [0.5, 0.6) is 0 Å². The summed E-state index contributed by atoms with van der Waals surface area (Å²) in [7, 11) is 0. The number of carbonyl (C=O) groups is 1. The Morgan fingerprint density at radius 1 is 1.09 bits per heavy atom. The summed E-state index contributed by atoms with van der Waals surface area (Å²) in [5, 5.41) is 1.57. The van der Waals surface area contributed by atoms with Gasteiger partial charge in [-0.05, 0) is 24.3 Å². The fourth-order valence-electron chi connectivity index (χ4n) is 2.12. The van der Waals surface area contributed by atoms with Crippen LogP contribution in [0.15, 0.2) is 36.4 Å². The summed E-state index contributed by atoms with van der Waals surface area (Å²) >= 11 is 5.77. The SMILES string of the molecule is O=C1NN(c2ccc(Cl)cc2)C(c2c(F)cc(F)cc2F)O1. The molecule has 0 radical (unpaired) electrons. The average molecular weight is 329 g/mol. The van der Waals surface area contributed by atoms with E-state index in [1.54, 1.807) is 0 Å². The Morgan fingerprint density at radius 3 is 2.27 bits per heavy atom. The molecular weight excluding hydrogens is 321 g/mol. The molecule has 1 unspecified atom stereocenters. The lowest BCUT2D eigenvalue weighted by Gasteiger charge is -2.23. The van der Waals surface area contributed by atoms with E-state index in [4.69, 9.17) is 16.3 Å². The molecule has 1 fully saturated rings. The van der Waals surface area contributed by atoms with Crippen molar-refractivity contribution in [1.29, 1.82) is 0 Å². The number of nitrogens with one attached hydrogen (secondary N) is 1. The summed E-state index contributed by atoms with van der Waals surface area (Å²) in [6.45, 7) is 0. The smallest absolute Gasteiger partial charge is 0.418 e. The molecule has 2 aromatic carbocycles. The minimum absolute atomic E-state index is 0.392. The van der Waals surface area contributed by atoms with Gasteiger partial charge in [-0.3, -0.25) is 0 Å². The van der Waals surface area contributed by atoms with Gasteiger partial charge in [0.1, 0.15) is 17.5 Å². The van der Waals surface area contributed by atoms with Crippen LogP contribution in [0.3, 0.4) is 0 Å². The lowest BCUT2D eigenvalue weighted by Crippen LogP contribution is -2.34. The summed E-state index contributed by atoms with van der Waals surface area (Å²) in [6.07, 6.45) is -2.29. The molecule has 2 aromatic rings. The number of cyclic esters (lactones) is 1. The molecule has 1 N–H and O–H groups in total. The molecule has 8 heteroatoms. The first-order chi connectivity index (χ1) is 10.5. The zero-order valence-electron chi connectivity index (χ0n) is 10.8. The van der Waals surface area contributed by atoms with Gasteiger partial charge in [-0.1, -0.05) is 11.6 Å². The zero-order chi connectivity index (χ0) is 15.9. The topological polar surface area (TPSA) is 41.6 Å². The van der Waals surface area contributed by atoms with E-state index in [1.165, 1.54) is 24.3 Å². The minimum Gasteiger partial charge on any atom is -0.418 e. The predicted molar refractivity (Wildman–Crippen MR) is 72.6 cm³/mol. The Hall–Kier alpha value is -2.41. The predicted octanol–water partition coefficient (Wildman–Crippen LogP) is 3.92. The summed E-state index contributed by atoms with van der Waals surface area (Å²) in [6, 6.07) is 7.17. The number of hydrazine groups is 1. The Morgan fingerprint density at radius 2 is 1.68 bits per heavy atom. The van der Waals surface area contributed by atoms with E-state index < -0.39 is 35.3 Å². The molecular formula is C14H8ClF3N2O2. The van der Waals surface area contributed by atoms with Gasteiger partial charge in [-0.25, -0.2) is 28.4 Å². The van der Waals surface area contributed by atoms with Crippen LogP contribution in [0.25, 0.3) is 0 Å². The Labute approximate surface area is 128 Å². The van der Waals surface area contributed by atoms with Gasteiger partial charge in [0.15, 0.2) is 0 Å². The van der Waals surface area contributed by atoms with Gasteiger partial charge in [0.05, 0.1) is 11.3 Å². The van der Waals surface area contributed by atoms with Crippen LogP contribution in [-0.2, 0) is 4.74 Å². The molecule has 1 aliphatic rings. The van der Waals surface area contributed by atoms with Crippen molar-refractivity contribution < 1.29 is 22.7 Å². The second kappa shape index (κ2) is 5.42. The number of amides is 1. The highest BCUT2D eigenvalue weighted by molar-refractivity contribution is 6.30. The molecule has 1 heterocycles. The van der Waals surface area contributed by atoms with E-state index in [0.717, 1.165) is 5.01 Å². The molecule has 3 rings (SSSR count). The second-order valence-corrected chi connectivity index (χ2v) is 4.94. The maximum atomic E-state index is 13.9. The van der Waals surface area contributed by atoms with Gasteiger partial charge in [-0.15, -0.1) is 0 Å². The first kappa shape index (κ1) is 14.5. The van der Waals surface area contributed by atoms with Crippen LogP contribution in [0.1, 0.15) is 11.8 Å². The molecule has 22 heavy (non-hydrogen) atoms. The van der Waals surface area contributed by atoms with Gasteiger partial charge in [0, 0.05) is 17.2 Å². The molecule has 1 amide bonds. The van der Waals surface area contributed by atoms with Crippen LogP contribution in [0, 0.1) is 17.5 Å². The van der Waals surface area contributed by atoms with Crippen LogP contribution >= 0.6 is 11.6 Å². The van der Waals surface area contributed by atoms with E-state index in [2.05, 4.69) is 5.43 Å². The maximum Gasteiger partial charge on any atom is 0.428 e. The highest BCUT2D eigenvalue weighted by atomic mass is 35.5. The largest absolute Gasteiger partial charge is 0.428 e. The summed E-state index contributed by atoms with van der Waals surface area (Å²) in [5.41, 5.74) is 2.13. The summed E-state index contributed by atoms with van der Waals surface area (Å²) < 4.78 is 45.7. The molecule has 1 atom stereocenters. The molecule has 1 saturated heterocycles. The van der Waals surface area contributed by atoms with E-state index in [0.29, 0.717) is 22.8 Å². The normalized spacial score (nSPS) is 17.4. The lowest BCUT2D eigenvalue weighted by atomic mass is 10.1. The molecule has 0 spiro atoms. The van der Waals surface area contributed by atoms with Gasteiger partial charge in [-0.2, -0.15) is 0 Å². The summed E-state index contributed by atoms with van der Waals surface area (Å²) in [5.74, 6) is -3.37. The first-order valence-electron chi connectivity index (χ1n) is 6.12. The number of benzene rings is 2. The standard InChI is InChI=1S/C14H8ClF3N2O2/c15-7-1-3-9(4-2-7)20-13(22-14(21)19-20)12-10(17)5-8(16)6-11(12)18/h1-6,13H,(H,19,21). The number of carbonyl (C=O) groups excluding carboxylic acids is 1. The molecule has 114 valence electrons. The second-order valence-electron chi connectivity index (χ2n) is 4.50. The number of anilines is 1. The van der Waals surface area contributed by atoms with Crippen molar-refractivity contribution in [3.05, 3.63) is 64.4 Å². The monoisotopic (exact) mass is 328 g/mol. The van der Waals surface area contributed by atoms with Crippen molar-refractivity contribution in [3.63, 3.8) is 0 Å². The highest BCUT2D eigenvalue weighted by Crippen LogP contribution is 2.34. The third kappa shape index (κ3) is 2.55. The van der Waals surface area contributed by atoms with Gasteiger partial charge < -0.3 is 4.74 Å². The van der Waals surface area contributed by atoms with Crippen molar-refractivity contribution in [1.82, 2.24) is 5.43 Å². The van der Waals surface area contributed by atoms with Crippen molar-refractivity contribution >= 4 is 23.4 Å². The van der Waals surface area contributed by atoms with Crippen LogP contribution in [0.2, 0.25) is 5.02 Å². The van der Waals surface area contributed by atoms with E-state index in [-0.39, 0.29) is 0 Å². The van der Waals surface area contributed by atoms with Gasteiger partial charge in [0.25, 0.3) is 0 Å². The van der Waals surface area contributed by atoms with Crippen LogP contribution in [-0.4, -0.2) is 6.09 Å². The Kier molecular flexibility index (Phi) is 3.58. The van der Waals surface area contributed by atoms with E-state index >= 15 is 0 Å². The zero-order valence-corrected chi connectivity index (χ0v) is 11.6. The fraction of sp³-hybridized carbons (Fsp3) is 0.0714. The van der Waals surface area contributed by atoms with Crippen LogP contribution in [0.4, 0.5) is 23.7 Å². The summed E-state index contributed by atoms with van der Waals surface area (Å²) in [4.78, 5) is 11.4. The van der Waals surface area contributed by atoms with Crippen molar-refractivity contribution in [3.8, 4) is 0 Å². The average Bonchev–Trinajstić information content (AvgIpc) is 2.80. The van der Waals surface area contributed by atoms with E-state index in [1.807, 2.05) is 0 Å². The Bertz CT molecular complexity index is 716. The quantitative estimate of drug-likeness (QED) is 0.908. The van der Waals surface area contributed by atoms with E-state index in [9.17, 15) is 18.0 Å². The van der Waals surface area contributed by atoms with Crippen molar-refractivity contribution in [2.75, 3.05) is 5.01 Å². The fourth-order valence-corrected chi connectivity index (χ4v) is 2.24. The van der Waals surface area contributed by atoms with Crippen molar-refractivity contribution in [2.24, 2.45) is 0 Å². The third-order valence-electron chi connectivity index (χ3n) is 3.06. The Balaban J connectivity index is 2.05. The lowest BCUT2D eigenvalue weighted by molar-refractivity contribution is 0.134. The third-order valence-corrected chi connectivity index (χ3v) is 3.31. The molecule has 0 aliphatic carbocycles. The molecule has 0 bridgehead atoms. The first-order valence-corrected chi connectivity index (χ1v) is 6.50. The molecule has 0 saturated carbocycles. The number of nitrogens with zero attached hydrogens (tertiary/aromatic N) is 1. The van der Waals surface area contributed by atoms with Crippen LogP contribution < -0.4 is 10.4 Å². The van der Waals surface area contributed by atoms with Crippen molar-refractivity contribution in [2.45, 2.75) is 6.23 Å². The minimum atomic E-state index is -1.41. The number of hydrogen-bond donors (Lipinski definition) is 1. The number of ether oxygens (including phenoxy) is 1. The number of rotatable bonds is 2. The number of halogens is 4. The van der Waals surface area contributed by atoms with Gasteiger partial charge >= 0.3 is 6.09 Å². The molecule has 4 nitrogen and oxygen atoms in total. The maximum absolute atomic E-state index is 13.9. The highest BCUT2D eigenvalue weighted by Gasteiger charge is 2.37. The molecule has 1 aliphatic heterocycles. The van der Waals surface area contributed by atoms with Gasteiger partial charge in [0.2, 0.25) is 6.23 Å². The number of hydrogen-bond acceptors (Lipinski definition) is 3.